The number of hydrogen-bond donors (Lipinski definition) is 1. The van der Waals surface area contributed by atoms with Gasteiger partial charge in [-0.05, 0) is 56.4 Å². The van der Waals surface area contributed by atoms with Crippen molar-refractivity contribution in [3.8, 4) is 5.75 Å². The molecule has 0 spiro atoms. The molecule has 0 radical (unpaired) electrons. The van der Waals surface area contributed by atoms with Crippen LogP contribution in [0.2, 0.25) is 0 Å². The molecule has 1 nitrogen and oxygen atoms in total. The van der Waals surface area contributed by atoms with Gasteiger partial charge in [-0.25, -0.2) is 0 Å². The van der Waals surface area contributed by atoms with E-state index in [1.165, 1.54) is 24.0 Å². The van der Waals surface area contributed by atoms with Gasteiger partial charge in [0.15, 0.2) is 0 Å². The minimum atomic E-state index is 0.819. The molecule has 0 saturated carbocycles. The second-order valence-electron chi connectivity index (χ2n) is 3.99. The van der Waals surface area contributed by atoms with Crippen LogP contribution in [0.3, 0.4) is 0 Å². The topological polar surface area (TPSA) is 9.23 Å². The van der Waals surface area contributed by atoms with Crippen LogP contribution < -0.4 is 4.74 Å². The summed E-state index contributed by atoms with van der Waals surface area (Å²) in [5.41, 5.74) is 2.61. The predicted octanol–water partition coefficient (Wildman–Crippen LogP) is 4.43. The molecule has 0 amide bonds. The summed E-state index contributed by atoms with van der Waals surface area (Å²) < 4.78 is 5.70. The van der Waals surface area contributed by atoms with Crippen LogP contribution in [-0.4, -0.2) is 12.4 Å². The Morgan fingerprint density at radius 1 is 1.12 bits per heavy atom. The third-order valence-electron chi connectivity index (χ3n) is 2.63. The van der Waals surface area contributed by atoms with Crippen LogP contribution in [-0.2, 0) is 0 Å². The molecule has 1 aromatic rings. The molecule has 0 N–H and O–H groups in total. The van der Waals surface area contributed by atoms with Crippen molar-refractivity contribution in [1.29, 1.82) is 0 Å². The largest absolute Gasteiger partial charge is 0.494 e. The molecule has 0 fully saturated rings. The van der Waals surface area contributed by atoms with Crippen molar-refractivity contribution in [2.24, 2.45) is 0 Å². The molecule has 0 heterocycles. The smallest absolute Gasteiger partial charge is 0.119 e. The first-order chi connectivity index (χ1) is 7.74. The Hall–Kier alpha value is -0.280. The first kappa shape index (κ1) is 13.8. The number of benzene rings is 1. The van der Waals surface area contributed by atoms with E-state index in [1.807, 2.05) is 6.07 Å². The van der Waals surface area contributed by atoms with Crippen molar-refractivity contribution in [3.05, 3.63) is 29.3 Å². The van der Waals surface area contributed by atoms with Crippen LogP contribution in [0, 0.1) is 13.8 Å². The highest BCUT2D eigenvalue weighted by molar-refractivity contribution is 8.68. The Labute approximate surface area is 108 Å². The zero-order valence-corrected chi connectivity index (χ0v) is 11.7. The third-order valence-corrected chi connectivity index (χ3v) is 3.65. The Morgan fingerprint density at radius 3 is 2.62 bits per heavy atom. The van der Waals surface area contributed by atoms with Gasteiger partial charge < -0.3 is 4.74 Å². The maximum atomic E-state index is 5.70. The summed E-state index contributed by atoms with van der Waals surface area (Å²) in [4.78, 5) is 0. The second kappa shape index (κ2) is 7.91. The molecular weight excluding hydrogens is 236 g/mol. The van der Waals surface area contributed by atoms with Gasteiger partial charge in [0.05, 0.1) is 6.61 Å². The van der Waals surface area contributed by atoms with Crippen LogP contribution in [0.15, 0.2) is 18.2 Å². The maximum absolute atomic E-state index is 5.70. The fraction of sp³-hybridized carbons (Fsp3) is 0.538. The molecule has 1 aromatic carbocycles. The average molecular weight is 256 g/mol. The standard InChI is InChI=1S/C13H20OS2/c1-11-6-7-13(10-12(11)2)14-8-4-3-5-9-16-15/h6-7,10,15H,3-5,8-9H2,1-2H3. The van der Waals surface area contributed by atoms with Gasteiger partial charge in [0.25, 0.3) is 0 Å². The highest BCUT2D eigenvalue weighted by atomic mass is 33.1. The van der Waals surface area contributed by atoms with Gasteiger partial charge in [-0.15, -0.1) is 11.7 Å². The van der Waals surface area contributed by atoms with Crippen molar-refractivity contribution >= 4 is 22.5 Å². The summed E-state index contributed by atoms with van der Waals surface area (Å²) in [6, 6.07) is 6.27. The van der Waals surface area contributed by atoms with Gasteiger partial charge >= 0.3 is 0 Å². The number of aryl methyl sites for hydroxylation is 2. The quantitative estimate of drug-likeness (QED) is 0.439. The van der Waals surface area contributed by atoms with Gasteiger partial charge in [-0.1, -0.05) is 16.9 Å². The van der Waals surface area contributed by atoms with E-state index in [-0.39, 0.29) is 0 Å². The molecule has 0 aliphatic carbocycles. The zero-order chi connectivity index (χ0) is 11.8. The summed E-state index contributed by atoms with van der Waals surface area (Å²) in [5.74, 6) is 2.12. The highest BCUT2D eigenvalue weighted by Crippen LogP contribution is 2.17. The monoisotopic (exact) mass is 256 g/mol. The number of hydrogen-bond acceptors (Lipinski definition) is 3. The van der Waals surface area contributed by atoms with Gasteiger partial charge in [-0.3, -0.25) is 0 Å². The Balaban J connectivity index is 2.19. The molecule has 3 heteroatoms. The first-order valence-electron chi connectivity index (χ1n) is 5.70. The third kappa shape index (κ3) is 5.17. The summed E-state index contributed by atoms with van der Waals surface area (Å²) in [7, 11) is 1.61. The van der Waals surface area contributed by atoms with E-state index in [0.717, 1.165) is 24.5 Å². The van der Waals surface area contributed by atoms with Crippen molar-refractivity contribution in [2.75, 3.05) is 12.4 Å². The fourth-order valence-corrected chi connectivity index (χ4v) is 2.16. The molecule has 0 atom stereocenters. The summed E-state index contributed by atoms with van der Waals surface area (Å²) in [6.07, 6.45) is 3.57. The Kier molecular flexibility index (Phi) is 6.81. The molecule has 0 saturated heterocycles. The Morgan fingerprint density at radius 2 is 1.94 bits per heavy atom. The molecule has 16 heavy (non-hydrogen) atoms. The molecule has 90 valence electrons. The predicted molar refractivity (Wildman–Crippen MR) is 76.7 cm³/mol. The zero-order valence-electron chi connectivity index (χ0n) is 10.0. The van der Waals surface area contributed by atoms with Gasteiger partial charge in [0.2, 0.25) is 0 Å². The van der Waals surface area contributed by atoms with Crippen LogP contribution in [0.4, 0.5) is 0 Å². The number of rotatable bonds is 7. The first-order valence-corrected chi connectivity index (χ1v) is 7.74. The average Bonchev–Trinajstić information content (AvgIpc) is 2.28. The normalized spacial score (nSPS) is 10.4. The SMILES string of the molecule is Cc1ccc(OCCCCCSS)cc1C. The summed E-state index contributed by atoms with van der Waals surface area (Å²) >= 11 is 4.11. The minimum absolute atomic E-state index is 0.819. The van der Waals surface area contributed by atoms with Gasteiger partial charge in [-0.2, -0.15) is 0 Å². The Bertz CT molecular complexity index is 313. The van der Waals surface area contributed by atoms with Crippen LogP contribution in [0.5, 0.6) is 5.75 Å². The summed E-state index contributed by atoms with van der Waals surface area (Å²) in [5, 5.41) is 0. The molecule has 0 aliphatic heterocycles. The van der Waals surface area contributed by atoms with E-state index in [2.05, 4.69) is 37.6 Å². The van der Waals surface area contributed by atoms with E-state index in [1.54, 1.807) is 10.8 Å². The molecule has 0 bridgehead atoms. The van der Waals surface area contributed by atoms with E-state index < -0.39 is 0 Å². The summed E-state index contributed by atoms with van der Waals surface area (Å²) in [6.45, 7) is 5.06. The number of thiol groups is 1. The molecule has 0 unspecified atom stereocenters. The number of ether oxygens (including phenoxy) is 1. The fourth-order valence-electron chi connectivity index (χ4n) is 1.44. The minimum Gasteiger partial charge on any atom is -0.494 e. The lowest BCUT2D eigenvalue weighted by Crippen LogP contribution is -1.98. The van der Waals surface area contributed by atoms with E-state index >= 15 is 0 Å². The molecule has 1 rings (SSSR count). The van der Waals surface area contributed by atoms with Crippen molar-refractivity contribution in [2.45, 2.75) is 33.1 Å². The van der Waals surface area contributed by atoms with E-state index in [9.17, 15) is 0 Å². The lowest BCUT2D eigenvalue weighted by atomic mass is 10.1. The van der Waals surface area contributed by atoms with Gasteiger partial charge in [0, 0.05) is 5.75 Å². The maximum Gasteiger partial charge on any atom is 0.119 e. The second-order valence-corrected chi connectivity index (χ2v) is 5.43. The van der Waals surface area contributed by atoms with Crippen molar-refractivity contribution in [3.63, 3.8) is 0 Å². The molecule has 0 aliphatic rings. The van der Waals surface area contributed by atoms with E-state index in [0.29, 0.717) is 0 Å². The van der Waals surface area contributed by atoms with Crippen LogP contribution in [0.25, 0.3) is 0 Å². The van der Waals surface area contributed by atoms with Crippen LogP contribution >= 0.6 is 22.5 Å². The van der Waals surface area contributed by atoms with Crippen molar-refractivity contribution < 1.29 is 4.74 Å². The lowest BCUT2D eigenvalue weighted by molar-refractivity contribution is 0.306. The lowest BCUT2D eigenvalue weighted by Gasteiger charge is -2.08. The van der Waals surface area contributed by atoms with Crippen molar-refractivity contribution in [1.82, 2.24) is 0 Å². The van der Waals surface area contributed by atoms with E-state index in [4.69, 9.17) is 4.74 Å². The highest BCUT2D eigenvalue weighted by Gasteiger charge is 1.97. The van der Waals surface area contributed by atoms with Gasteiger partial charge in [0.1, 0.15) is 5.75 Å². The molecule has 0 aromatic heterocycles. The van der Waals surface area contributed by atoms with Crippen LogP contribution in [0.1, 0.15) is 30.4 Å². The number of unbranched alkanes of at least 4 members (excludes halogenated alkanes) is 2. The molecular formula is C13H20OS2.